The summed E-state index contributed by atoms with van der Waals surface area (Å²) in [5, 5.41) is 0. The van der Waals surface area contributed by atoms with E-state index >= 15 is 0 Å². The molecule has 1 saturated carbocycles. The molecule has 1 fully saturated rings. The van der Waals surface area contributed by atoms with Crippen LogP contribution >= 0.6 is 0 Å². The minimum absolute atomic E-state index is 0.00705. The summed E-state index contributed by atoms with van der Waals surface area (Å²) in [5.41, 5.74) is 13.3. The molecular formula is C61H82Zr. The van der Waals surface area contributed by atoms with Crippen molar-refractivity contribution in [3.63, 3.8) is 0 Å². The quantitative estimate of drug-likeness (QED) is 0.239. The Bertz CT molecular complexity index is 2500. The van der Waals surface area contributed by atoms with E-state index in [0.717, 1.165) is 19.3 Å². The first kappa shape index (κ1) is 45.7. The summed E-state index contributed by atoms with van der Waals surface area (Å²) < 4.78 is 10.8. The average Bonchev–Trinajstić information content (AvgIpc) is 3.83. The normalized spacial score (nSPS) is 27.9. The van der Waals surface area contributed by atoms with Crippen LogP contribution in [0.1, 0.15) is 166 Å². The molecule has 0 saturated heterocycles. The number of hydrogen-bond donors (Lipinski definition) is 0. The van der Waals surface area contributed by atoms with Gasteiger partial charge < -0.3 is 0 Å². The van der Waals surface area contributed by atoms with E-state index in [4.69, 9.17) is 4.21 Å². The number of hydrogen-bond acceptors (Lipinski definition) is 0. The van der Waals surface area contributed by atoms with Gasteiger partial charge >= 0.3 is 383 Å². The van der Waals surface area contributed by atoms with Crippen LogP contribution in [0, 0.1) is 38.9 Å². The van der Waals surface area contributed by atoms with Gasteiger partial charge in [-0.05, 0) is 0 Å². The second-order valence-electron chi connectivity index (χ2n) is 25.9. The zero-order valence-electron chi connectivity index (χ0n) is 42.4. The fourth-order valence-electron chi connectivity index (χ4n) is 14.9. The standard InChI is InChI=1S/C29H37.C11H17.2C10H13.CH2.Zr/c1-18-25-22-17-19-13-9-10-14-20(19)24(22)21-15-11-12-16-23(21)29(25,8)28(6,7)27(4,5)26(18,2)3;1-5-9-6-7-10(8-9)11(2,3)4;2*1-10(2,3)9-7-5-4-6-8-9;;/h9-11,13-15,23H,12,16-17H2,1-8H3;7-9H,5H2,1-4H3;2*5-8H,1-3H3;1H2;. The molecule has 4 unspecified atom stereocenters. The van der Waals surface area contributed by atoms with Gasteiger partial charge in [0.2, 0.25) is 0 Å². The van der Waals surface area contributed by atoms with E-state index in [0.29, 0.717) is 11.8 Å². The summed E-state index contributed by atoms with van der Waals surface area (Å²) in [5.74, 6) is 0.700. The van der Waals surface area contributed by atoms with Crippen molar-refractivity contribution in [1.82, 2.24) is 0 Å². The molecule has 0 heterocycles. The molecule has 8 rings (SSSR count). The predicted molar refractivity (Wildman–Crippen MR) is 270 cm³/mol. The van der Waals surface area contributed by atoms with E-state index in [1.807, 2.05) is 0 Å². The molecule has 0 radical (unpaired) electrons. The fourth-order valence-corrected chi connectivity index (χ4v) is 36.5. The molecule has 1 heteroatoms. The molecule has 0 amide bonds. The van der Waals surface area contributed by atoms with Gasteiger partial charge in [-0.25, -0.2) is 0 Å². The van der Waals surface area contributed by atoms with Crippen LogP contribution < -0.4 is 6.54 Å². The van der Waals surface area contributed by atoms with Gasteiger partial charge in [0.05, 0.1) is 0 Å². The molecule has 0 N–H and O–H groups in total. The molecule has 5 aliphatic rings. The van der Waals surface area contributed by atoms with Crippen LogP contribution in [0.25, 0.3) is 5.57 Å². The van der Waals surface area contributed by atoms with Gasteiger partial charge in [-0.2, -0.15) is 0 Å². The van der Waals surface area contributed by atoms with E-state index in [1.54, 1.807) is 25.6 Å². The van der Waals surface area contributed by atoms with Crippen molar-refractivity contribution >= 4 is 16.3 Å². The van der Waals surface area contributed by atoms with E-state index in [-0.39, 0.29) is 41.0 Å². The van der Waals surface area contributed by atoms with E-state index in [2.05, 4.69) is 222 Å². The molecule has 0 aromatic heterocycles. The van der Waals surface area contributed by atoms with Gasteiger partial charge in [-0.15, -0.1) is 0 Å². The van der Waals surface area contributed by atoms with Crippen molar-refractivity contribution in [1.29, 1.82) is 0 Å². The first-order chi connectivity index (χ1) is 28.5. The van der Waals surface area contributed by atoms with Crippen LogP contribution in [0.4, 0.5) is 0 Å². The number of allylic oxidation sites excluding steroid dienone is 10. The second kappa shape index (κ2) is 13.8. The maximum atomic E-state index is 6.46. The van der Waals surface area contributed by atoms with Gasteiger partial charge in [0.25, 0.3) is 0 Å². The Kier molecular flexibility index (Phi) is 10.2. The molecule has 0 bridgehead atoms. The van der Waals surface area contributed by atoms with Crippen LogP contribution in [0.3, 0.4) is 0 Å². The molecule has 0 spiro atoms. The Labute approximate surface area is 380 Å². The average molecular weight is 907 g/mol. The Hall–Kier alpha value is -2.89. The van der Waals surface area contributed by atoms with Crippen LogP contribution in [0.5, 0.6) is 0 Å². The molecule has 330 valence electrons. The molecule has 62 heavy (non-hydrogen) atoms. The van der Waals surface area contributed by atoms with Gasteiger partial charge in [0.1, 0.15) is 0 Å². The van der Waals surface area contributed by atoms with E-state index in [1.165, 1.54) is 40.8 Å². The maximum absolute atomic E-state index is 6.46. The molecule has 4 atom stereocenters. The van der Waals surface area contributed by atoms with Crippen molar-refractivity contribution < 1.29 is 18.3 Å². The minimum atomic E-state index is -5.57. The molecule has 3 aromatic rings. The topological polar surface area (TPSA) is 0 Å². The van der Waals surface area contributed by atoms with E-state index < -0.39 is 18.3 Å². The fraction of sp³-hybridized carbons (Fsp3) is 0.525. The summed E-state index contributed by atoms with van der Waals surface area (Å²) in [6.45, 7) is 45.8. The number of benzene rings is 3. The Morgan fingerprint density at radius 1 is 0.661 bits per heavy atom. The van der Waals surface area contributed by atoms with Crippen molar-refractivity contribution in [3.05, 3.63) is 145 Å². The number of rotatable bonds is 5. The van der Waals surface area contributed by atoms with Gasteiger partial charge in [-0.3, -0.25) is 0 Å². The zero-order valence-corrected chi connectivity index (χ0v) is 44.9. The third kappa shape index (κ3) is 5.48. The van der Waals surface area contributed by atoms with E-state index in [9.17, 15) is 0 Å². The summed E-state index contributed by atoms with van der Waals surface area (Å²) in [6, 6.07) is 30.0. The second-order valence-corrected chi connectivity index (χ2v) is 39.7. The third-order valence-electron chi connectivity index (χ3n) is 20.1. The summed E-state index contributed by atoms with van der Waals surface area (Å²) >= 11 is -5.57. The summed E-state index contributed by atoms with van der Waals surface area (Å²) in [4.78, 5) is 0. The van der Waals surface area contributed by atoms with Crippen molar-refractivity contribution in [3.8, 4) is 0 Å². The molecular weight excluding hydrogens is 824 g/mol. The molecule has 0 nitrogen and oxygen atoms in total. The summed E-state index contributed by atoms with van der Waals surface area (Å²) in [7, 11) is 0. The molecule has 3 aromatic carbocycles. The third-order valence-corrected chi connectivity index (χ3v) is 40.0. The SMILES string of the molecule is [CH2]=[Zr]([C]1=CC(C(C)(C)C)=CC1CC)([c]1ccc(C(C)(C)C)cc1)([c]1ccc(C(C)(C)C)cc1)[C]1(C)C2=C3Cc4ccccc4C3=C3C=CCCC3C2(C)C(C)(C)C(C)(C)C1(C)C. The van der Waals surface area contributed by atoms with Crippen LogP contribution in [-0.4, -0.2) is 4.21 Å². The van der Waals surface area contributed by atoms with Crippen molar-refractivity contribution in [2.75, 3.05) is 0 Å². The monoisotopic (exact) mass is 905 g/mol. The zero-order chi connectivity index (χ0) is 45.7. The first-order valence-corrected chi connectivity index (χ1v) is 31.1. The first-order valence-electron chi connectivity index (χ1n) is 24.4. The van der Waals surface area contributed by atoms with Crippen LogP contribution in [0.2, 0.25) is 3.12 Å². The van der Waals surface area contributed by atoms with Crippen LogP contribution in [0.15, 0.2) is 123 Å². The van der Waals surface area contributed by atoms with Crippen molar-refractivity contribution in [2.24, 2.45) is 38.9 Å². The Morgan fingerprint density at radius 2 is 1.19 bits per heavy atom. The Balaban J connectivity index is 1.69. The van der Waals surface area contributed by atoms with Gasteiger partial charge in [-0.1, -0.05) is 0 Å². The van der Waals surface area contributed by atoms with Gasteiger partial charge in [0.15, 0.2) is 0 Å². The predicted octanol–water partition coefficient (Wildman–Crippen LogP) is 15.8. The van der Waals surface area contributed by atoms with Crippen LogP contribution in [-0.2, 0) is 35.5 Å². The molecule has 5 aliphatic carbocycles. The Morgan fingerprint density at radius 3 is 1.69 bits per heavy atom. The summed E-state index contributed by atoms with van der Waals surface area (Å²) in [6.07, 6.45) is 14.9. The van der Waals surface area contributed by atoms with Gasteiger partial charge in [0, 0.05) is 0 Å². The number of fused-ring (bicyclic) bond motifs is 6. The van der Waals surface area contributed by atoms with Crippen molar-refractivity contribution in [2.45, 2.75) is 164 Å². The molecule has 0 aliphatic heterocycles.